The van der Waals surface area contributed by atoms with Crippen LogP contribution in [0.5, 0.6) is 0 Å². The predicted octanol–water partition coefficient (Wildman–Crippen LogP) is 2.66. The fraction of sp³-hybridized carbons (Fsp3) is 0.706. The third kappa shape index (κ3) is 7.48. The summed E-state index contributed by atoms with van der Waals surface area (Å²) in [4.78, 5) is 31.9. The molecule has 0 bridgehead atoms. The van der Waals surface area contributed by atoms with Crippen LogP contribution in [0, 0.1) is 6.92 Å². The number of nitrogens with zero attached hydrogens (tertiary/aromatic N) is 2. The zero-order valence-electron chi connectivity index (χ0n) is 15.8. The minimum absolute atomic E-state index is 0.0274. The first-order chi connectivity index (χ1) is 11.5. The van der Waals surface area contributed by atoms with E-state index in [1.54, 1.807) is 11.1 Å². The molecular formula is C17H32N4O3. The number of rotatable bonds is 4. The van der Waals surface area contributed by atoms with Crippen LogP contribution in [0.15, 0.2) is 6.20 Å². The van der Waals surface area contributed by atoms with Crippen LogP contribution in [0.25, 0.3) is 0 Å². The number of ether oxygens (including phenoxy) is 1. The van der Waals surface area contributed by atoms with Crippen molar-refractivity contribution in [2.45, 2.75) is 59.9 Å². The van der Waals surface area contributed by atoms with Gasteiger partial charge in [-0.1, -0.05) is 34.1 Å². The molecule has 0 aliphatic carbocycles. The maximum Gasteiger partial charge on any atom is 0.407 e. The number of alkyl carbamates (subject to hydrolysis) is 1. The highest BCUT2D eigenvalue weighted by molar-refractivity contribution is 5.83. The first-order valence-electron chi connectivity index (χ1n) is 8.63. The van der Waals surface area contributed by atoms with Crippen LogP contribution >= 0.6 is 0 Å². The molecule has 7 heteroatoms. The number of carbonyl (C=O) groups is 2. The van der Waals surface area contributed by atoms with E-state index in [9.17, 15) is 9.59 Å². The molecular weight excluding hydrogens is 308 g/mol. The van der Waals surface area contributed by atoms with Crippen LogP contribution < -0.4 is 5.32 Å². The molecule has 0 radical (unpaired) electrons. The molecule has 1 unspecified atom stereocenters. The molecule has 7 nitrogen and oxygen atoms in total. The Bertz CT molecular complexity index is 488. The van der Waals surface area contributed by atoms with Crippen LogP contribution in [0.1, 0.15) is 52.1 Å². The van der Waals surface area contributed by atoms with Crippen molar-refractivity contribution in [3.8, 4) is 0 Å². The Labute approximate surface area is 145 Å². The third-order valence-corrected chi connectivity index (χ3v) is 3.22. The van der Waals surface area contributed by atoms with Gasteiger partial charge in [0.2, 0.25) is 5.91 Å². The highest BCUT2D eigenvalue weighted by Gasteiger charge is 2.32. The van der Waals surface area contributed by atoms with Gasteiger partial charge in [-0.25, -0.2) is 9.78 Å². The first kappa shape index (κ1) is 21.9. The lowest BCUT2D eigenvalue weighted by Gasteiger charge is -2.40. The number of aromatic nitrogens is 2. The quantitative estimate of drug-likeness (QED) is 0.882. The molecule has 1 atom stereocenters. The molecule has 1 saturated heterocycles. The first-order valence-corrected chi connectivity index (χ1v) is 8.63. The van der Waals surface area contributed by atoms with E-state index in [4.69, 9.17) is 0 Å². The summed E-state index contributed by atoms with van der Waals surface area (Å²) in [6.07, 6.45) is 4.12. The second-order valence-corrected chi connectivity index (χ2v) is 5.30. The number of methoxy groups -OCH3 is 1. The van der Waals surface area contributed by atoms with Gasteiger partial charge in [-0.05, 0) is 13.3 Å². The van der Waals surface area contributed by atoms with Gasteiger partial charge < -0.3 is 19.9 Å². The van der Waals surface area contributed by atoms with Gasteiger partial charge in [0.05, 0.1) is 7.11 Å². The van der Waals surface area contributed by atoms with E-state index < -0.39 is 6.09 Å². The topological polar surface area (TPSA) is 87.3 Å². The van der Waals surface area contributed by atoms with E-state index in [0.717, 1.165) is 30.9 Å². The Hall–Kier alpha value is -2.05. The van der Waals surface area contributed by atoms with Crippen molar-refractivity contribution in [1.29, 1.82) is 0 Å². The number of H-pyrrole nitrogens is 1. The minimum atomic E-state index is -0.591. The molecule has 24 heavy (non-hydrogen) atoms. The molecule has 2 N–H and O–H groups in total. The number of nitrogens with one attached hydrogen (secondary N) is 2. The summed E-state index contributed by atoms with van der Waals surface area (Å²) in [7, 11) is 1.27. The molecule has 0 saturated carbocycles. The number of amides is 2. The summed E-state index contributed by atoms with van der Waals surface area (Å²) in [5, 5.41) is 2.39. The maximum atomic E-state index is 11.9. The number of aromatic amines is 1. The van der Waals surface area contributed by atoms with Crippen LogP contribution in [-0.2, 0) is 16.0 Å². The van der Waals surface area contributed by atoms with Crippen LogP contribution in [0.3, 0.4) is 0 Å². The van der Waals surface area contributed by atoms with Crippen LogP contribution in [0.2, 0.25) is 0 Å². The fourth-order valence-corrected chi connectivity index (χ4v) is 2.10. The zero-order valence-corrected chi connectivity index (χ0v) is 15.8. The van der Waals surface area contributed by atoms with E-state index in [0.29, 0.717) is 0 Å². The lowest BCUT2D eigenvalue weighted by Crippen LogP contribution is -2.55. The van der Waals surface area contributed by atoms with Crippen molar-refractivity contribution in [3.05, 3.63) is 17.7 Å². The lowest BCUT2D eigenvalue weighted by molar-refractivity contribution is -0.137. The lowest BCUT2D eigenvalue weighted by atomic mass is 9.99. The Morgan fingerprint density at radius 2 is 2.04 bits per heavy atom. The molecule has 1 aromatic heterocycles. The highest BCUT2D eigenvalue weighted by Crippen LogP contribution is 2.20. The molecule has 2 heterocycles. The van der Waals surface area contributed by atoms with E-state index in [1.807, 2.05) is 20.8 Å². The number of hydrogen-bond donors (Lipinski definition) is 2. The van der Waals surface area contributed by atoms with E-state index >= 15 is 0 Å². The summed E-state index contributed by atoms with van der Waals surface area (Å²) >= 11 is 0. The van der Waals surface area contributed by atoms with Crippen molar-refractivity contribution in [2.75, 3.05) is 20.2 Å². The number of imidazole rings is 1. The van der Waals surface area contributed by atoms with E-state index in [1.165, 1.54) is 13.5 Å². The SMILES string of the molecule is CC.CCC.COC(=O)NCC(=O)N1CCC1Cc1ncc(C)[nH]1. The normalized spacial score (nSPS) is 15.1. The Balaban J connectivity index is 0.000000952. The summed E-state index contributed by atoms with van der Waals surface area (Å²) in [6.45, 7) is 10.9. The van der Waals surface area contributed by atoms with Crippen LogP contribution in [-0.4, -0.2) is 53.1 Å². The maximum absolute atomic E-state index is 11.9. The standard InChI is InChI=1S/C12H18N4O3.C3H8.C2H6/c1-8-6-13-10(15-8)5-9-3-4-16(9)11(17)7-14-12(18)19-2;1-3-2;1-2/h6,9H,3-5,7H2,1-2H3,(H,13,15)(H,14,18);3H2,1-2H3;1-2H3. The fourth-order valence-electron chi connectivity index (χ4n) is 2.10. The van der Waals surface area contributed by atoms with Crippen molar-refractivity contribution >= 4 is 12.0 Å². The molecule has 1 aliphatic heterocycles. The molecule has 1 aliphatic rings. The second kappa shape index (κ2) is 12.4. The number of likely N-dealkylation sites (tertiary alicyclic amines) is 1. The zero-order chi connectivity index (χ0) is 18.5. The minimum Gasteiger partial charge on any atom is -0.453 e. The van der Waals surface area contributed by atoms with Crippen LogP contribution in [0.4, 0.5) is 4.79 Å². The van der Waals surface area contributed by atoms with E-state index in [2.05, 4.69) is 33.9 Å². The molecule has 1 aromatic rings. The average molecular weight is 340 g/mol. The highest BCUT2D eigenvalue weighted by atomic mass is 16.5. The molecule has 0 spiro atoms. The van der Waals surface area contributed by atoms with Gasteiger partial charge in [0.1, 0.15) is 12.4 Å². The van der Waals surface area contributed by atoms with Crippen molar-refractivity contribution < 1.29 is 14.3 Å². The van der Waals surface area contributed by atoms with Gasteiger partial charge >= 0.3 is 6.09 Å². The third-order valence-electron chi connectivity index (χ3n) is 3.22. The smallest absolute Gasteiger partial charge is 0.407 e. The van der Waals surface area contributed by atoms with Gasteiger partial charge in [0.25, 0.3) is 0 Å². The monoisotopic (exact) mass is 340 g/mol. The van der Waals surface area contributed by atoms with Gasteiger partial charge in [-0.15, -0.1) is 0 Å². The molecule has 0 aromatic carbocycles. The van der Waals surface area contributed by atoms with Gasteiger partial charge in [0, 0.05) is 30.9 Å². The summed E-state index contributed by atoms with van der Waals surface area (Å²) < 4.78 is 4.42. The largest absolute Gasteiger partial charge is 0.453 e. The van der Waals surface area contributed by atoms with E-state index in [-0.39, 0.29) is 18.5 Å². The van der Waals surface area contributed by atoms with Gasteiger partial charge in [-0.2, -0.15) is 0 Å². The molecule has 2 amide bonds. The molecule has 138 valence electrons. The van der Waals surface area contributed by atoms with Gasteiger partial charge in [-0.3, -0.25) is 4.79 Å². The van der Waals surface area contributed by atoms with Crippen molar-refractivity contribution in [2.24, 2.45) is 0 Å². The predicted molar refractivity (Wildman–Crippen MR) is 94.9 cm³/mol. The molecule has 1 fully saturated rings. The van der Waals surface area contributed by atoms with Gasteiger partial charge in [0.15, 0.2) is 0 Å². The summed E-state index contributed by atoms with van der Waals surface area (Å²) in [6, 6.07) is 0.164. The number of aryl methyl sites for hydroxylation is 1. The molecule has 2 rings (SSSR count). The Morgan fingerprint density at radius 3 is 2.46 bits per heavy atom. The Kier molecular flexibility index (Phi) is 11.3. The number of hydrogen-bond acceptors (Lipinski definition) is 4. The summed E-state index contributed by atoms with van der Waals surface area (Å²) in [5.41, 5.74) is 1.01. The second-order valence-electron chi connectivity index (χ2n) is 5.30. The number of carbonyl (C=O) groups excluding carboxylic acids is 2. The summed E-state index contributed by atoms with van der Waals surface area (Å²) in [5.74, 6) is 0.797. The Morgan fingerprint density at radius 1 is 1.42 bits per heavy atom. The van der Waals surface area contributed by atoms with Crippen molar-refractivity contribution in [1.82, 2.24) is 20.2 Å². The van der Waals surface area contributed by atoms with Crippen molar-refractivity contribution in [3.63, 3.8) is 0 Å². The average Bonchev–Trinajstić information content (AvgIpc) is 2.97.